The van der Waals surface area contributed by atoms with Crippen LogP contribution in [0.2, 0.25) is 5.02 Å². The van der Waals surface area contributed by atoms with Gasteiger partial charge in [-0.3, -0.25) is 4.79 Å². The van der Waals surface area contributed by atoms with E-state index < -0.39 is 6.04 Å². The van der Waals surface area contributed by atoms with Crippen molar-refractivity contribution in [2.45, 2.75) is 6.04 Å². The first-order valence-electron chi connectivity index (χ1n) is 5.93. The van der Waals surface area contributed by atoms with E-state index in [1.165, 1.54) is 6.07 Å². The number of rotatable bonds is 3. The number of anilines is 1. The minimum absolute atomic E-state index is 0.359. The Hall–Kier alpha value is -2.35. The smallest absolute Gasteiger partial charge is 0.245 e. The maximum absolute atomic E-state index is 12.1. The number of nitrogens with zero attached hydrogens (tertiary/aromatic N) is 1. The fraction of sp³-hybridized carbons (Fsp3) is 0.0667. The zero-order chi connectivity index (χ0) is 14.5. The molecule has 5 heteroatoms. The Morgan fingerprint density at radius 2 is 1.95 bits per heavy atom. The van der Waals surface area contributed by atoms with Crippen LogP contribution >= 0.6 is 11.6 Å². The zero-order valence-corrected chi connectivity index (χ0v) is 11.3. The summed E-state index contributed by atoms with van der Waals surface area (Å²) in [5, 5.41) is 11.8. The number of benzene rings is 2. The summed E-state index contributed by atoms with van der Waals surface area (Å²) in [6.45, 7) is 0. The Labute approximate surface area is 121 Å². The molecular formula is C15H12ClN3O. The summed E-state index contributed by atoms with van der Waals surface area (Å²) >= 11 is 5.98. The number of nitrogens with two attached hydrogens (primary N) is 1. The highest BCUT2D eigenvalue weighted by molar-refractivity contribution is 6.33. The van der Waals surface area contributed by atoms with Crippen molar-refractivity contribution in [2.75, 3.05) is 5.32 Å². The van der Waals surface area contributed by atoms with Crippen LogP contribution in [0.5, 0.6) is 0 Å². The fourth-order valence-electron chi connectivity index (χ4n) is 1.71. The SMILES string of the molecule is N#Cc1ccc(Cl)c(NC(=O)[C@H](N)c2ccccc2)c1. The topological polar surface area (TPSA) is 78.9 Å². The van der Waals surface area contributed by atoms with Crippen LogP contribution in [-0.2, 0) is 4.79 Å². The molecule has 2 aromatic rings. The highest BCUT2D eigenvalue weighted by Crippen LogP contribution is 2.24. The minimum atomic E-state index is -0.794. The lowest BCUT2D eigenvalue weighted by atomic mass is 10.1. The molecule has 0 aliphatic heterocycles. The lowest BCUT2D eigenvalue weighted by Crippen LogP contribution is -2.27. The highest BCUT2D eigenvalue weighted by Gasteiger charge is 2.16. The van der Waals surface area contributed by atoms with Crippen LogP contribution < -0.4 is 11.1 Å². The summed E-state index contributed by atoms with van der Waals surface area (Å²) < 4.78 is 0. The molecule has 0 aliphatic rings. The van der Waals surface area contributed by atoms with Crippen LogP contribution in [0, 0.1) is 11.3 Å². The van der Waals surface area contributed by atoms with E-state index >= 15 is 0 Å². The van der Waals surface area contributed by atoms with Crippen LogP contribution in [0.3, 0.4) is 0 Å². The maximum atomic E-state index is 12.1. The summed E-state index contributed by atoms with van der Waals surface area (Å²) in [5.41, 5.74) is 7.38. The van der Waals surface area contributed by atoms with Crippen LogP contribution in [0.4, 0.5) is 5.69 Å². The molecule has 0 fully saturated rings. The molecule has 1 amide bonds. The molecule has 20 heavy (non-hydrogen) atoms. The van der Waals surface area contributed by atoms with Crippen molar-refractivity contribution in [3.8, 4) is 6.07 Å². The summed E-state index contributed by atoms with van der Waals surface area (Å²) in [6, 6.07) is 14.9. The van der Waals surface area contributed by atoms with Gasteiger partial charge in [0.15, 0.2) is 0 Å². The molecule has 0 heterocycles. The van der Waals surface area contributed by atoms with E-state index in [2.05, 4.69) is 5.32 Å². The van der Waals surface area contributed by atoms with E-state index in [1.807, 2.05) is 24.3 Å². The normalized spacial score (nSPS) is 11.4. The lowest BCUT2D eigenvalue weighted by Gasteiger charge is -2.13. The highest BCUT2D eigenvalue weighted by atomic mass is 35.5. The van der Waals surface area contributed by atoms with Crippen LogP contribution in [0.1, 0.15) is 17.2 Å². The van der Waals surface area contributed by atoms with E-state index in [0.29, 0.717) is 21.8 Å². The molecule has 0 saturated heterocycles. The average Bonchev–Trinajstić information content (AvgIpc) is 2.49. The molecule has 2 aromatic carbocycles. The second-order valence-corrected chi connectivity index (χ2v) is 4.59. The van der Waals surface area contributed by atoms with Crippen LogP contribution in [0.15, 0.2) is 48.5 Å². The van der Waals surface area contributed by atoms with Crippen LogP contribution in [-0.4, -0.2) is 5.91 Å². The summed E-state index contributed by atoms with van der Waals surface area (Å²) in [7, 11) is 0. The minimum Gasteiger partial charge on any atom is -0.323 e. The molecule has 0 saturated carbocycles. The molecule has 100 valence electrons. The zero-order valence-electron chi connectivity index (χ0n) is 10.5. The van der Waals surface area contributed by atoms with Gasteiger partial charge in [-0.1, -0.05) is 41.9 Å². The molecule has 4 nitrogen and oxygen atoms in total. The molecule has 2 rings (SSSR count). The average molecular weight is 286 g/mol. The fourth-order valence-corrected chi connectivity index (χ4v) is 1.88. The van der Waals surface area contributed by atoms with Gasteiger partial charge in [0.25, 0.3) is 0 Å². The standard InChI is InChI=1S/C15H12ClN3O/c16-12-7-6-10(9-17)8-13(12)19-15(20)14(18)11-4-2-1-3-5-11/h1-8,14H,18H2,(H,19,20)/t14-/m1/s1. The number of hydrogen-bond donors (Lipinski definition) is 2. The maximum Gasteiger partial charge on any atom is 0.245 e. The van der Waals surface area contributed by atoms with Gasteiger partial charge >= 0.3 is 0 Å². The van der Waals surface area contributed by atoms with Gasteiger partial charge < -0.3 is 11.1 Å². The van der Waals surface area contributed by atoms with Gasteiger partial charge in [-0.2, -0.15) is 5.26 Å². The number of nitrogens with one attached hydrogen (secondary N) is 1. The third kappa shape index (κ3) is 3.15. The third-order valence-corrected chi connectivity index (χ3v) is 3.12. The molecule has 0 bridgehead atoms. The van der Waals surface area contributed by atoms with Gasteiger partial charge in [0.05, 0.1) is 22.3 Å². The second kappa shape index (κ2) is 6.20. The lowest BCUT2D eigenvalue weighted by molar-refractivity contribution is -0.117. The van der Waals surface area contributed by atoms with E-state index in [1.54, 1.807) is 24.3 Å². The van der Waals surface area contributed by atoms with E-state index in [-0.39, 0.29) is 5.91 Å². The molecule has 0 aliphatic carbocycles. The Morgan fingerprint density at radius 3 is 2.60 bits per heavy atom. The first-order chi connectivity index (χ1) is 9.61. The Kier molecular flexibility index (Phi) is 4.36. The number of halogens is 1. The molecular weight excluding hydrogens is 274 g/mol. The van der Waals surface area contributed by atoms with Crippen molar-refractivity contribution >= 4 is 23.2 Å². The van der Waals surface area contributed by atoms with Crippen molar-refractivity contribution in [1.82, 2.24) is 0 Å². The quantitative estimate of drug-likeness (QED) is 0.910. The van der Waals surface area contributed by atoms with Crippen molar-refractivity contribution in [3.63, 3.8) is 0 Å². The predicted molar refractivity (Wildman–Crippen MR) is 78.2 cm³/mol. The molecule has 3 N–H and O–H groups in total. The number of carbonyl (C=O) groups is 1. The second-order valence-electron chi connectivity index (χ2n) is 4.18. The van der Waals surface area contributed by atoms with Gasteiger partial charge in [-0.25, -0.2) is 0 Å². The van der Waals surface area contributed by atoms with E-state index in [4.69, 9.17) is 22.6 Å². The molecule has 0 aromatic heterocycles. The molecule has 0 unspecified atom stereocenters. The largest absolute Gasteiger partial charge is 0.323 e. The van der Waals surface area contributed by atoms with Gasteiger partial charge in [-0.15, -0.1) is 0 Å². The number of hydrogen-bond acceptors (Lipinski definition) is 3. The van der Waals surface area contributed by atoms with Crippen molar-refractivity contribution in [3.05, 3.63) is 64.7 Å². The van der Waals surface area contributed by atoms with E-state index in [9.17, 15) is 4.79 Å². The van der Waals surface area contributed by atoms with Crippen molar-refractivity contribution in [2.24, 2.45) is 5.73 Å². The Balaban J connectivity index is 2.18. The molecule has 0 spiro atoms. The van der Waals surface area contributed by atoms with Gasteiger partial charge in [0, 0.05) is 0 Å². The summed E-state index contributed by atoms with van der Waals surface area (Å²) in [5.74, 6) is -0.381. The number of amides is 1. The number of nitriles is 1. The monoisotopic (exact) mass is 285 g/mol. The first-order valence-corrected chi connectivity index (χ1v) is 6.30. The van der Waals surface area contributed by atoms with Crippen molar-refractivity contribution < 1.29 is 4.79 Å². The van der Waals surface area contributed by atoms with Gasteiger partial charge in [0.2, 0.25) is 5.91 Å². The Bertz CT molecular complexity index is 665. The van der Waals surface area contributed by atoms with Gasteiger partial charge in [-0.05, 0) is 23.8 Å². The van der Waals surface area contributed by atoms with Gasteiger partial charge in [0.1, 0.15) is 6.04 Å². The summed E-state index contributed by atoms with van der Waals surface area (Å²) in [6.07, 6.45) is 0. The summed E-state index contributed by atoms with van der Waals surface area (Å²) in [4.78, 5) is 12.1. The number of carbonyl (C=O) groups excluding carboxylic acids is 1. The van der Waals surface area contributed by atoms with E-state index in [0.717, 1.165) is 0 Å². The third-order valence-electron chi connectivity index (χ3n) is 2.79. The first kappa shape index (κ1) is 14.1. The predicted octanol–water partition coefficient (Wildman–Crippen LogP) is 2.85. The van der Waals surface area contributed by atoms with Crippen LogP contribution in [0.25, 0.3) is 0 Å². The Morgan fingerprint density at radius 1 is 1.25 bits per heavy atom. The molecule has 0 radical (unpaired) electrons. The molecule has 1 atom stereocenters. The van der Waals surface area contributed by atoms with Crippen molar-refractivity contribution in [1.29, 1.82) is 5.26 Å².